The highest BCUT2D eigenvalue weighted by Crippen LogP contribution is 2.16. The summed E-state index contributed by atoms with van der Waals surface area (Å²) < 4.78 is 1.79. The zero-order chi connectivity index (χ0) is 17.8. The number of hydrogen-bond acceptors (Lipinski definition) is 3. The Labute approximate surface area is 145 Å². The molecule has 5 heteroatoms. The number of nitrogens with one attached hydrogen (secondary N) is 1. The van der Waals surface area contributed by atoms with Crippen LogP contribution in [0.15, 0.2) is 67.3 Å². The van der Waals surface area contributed by atoms with E-state index in [1.807, 2.05) is 43.4 Å². The van der Waals surface area contributed by atoms with Crippen molar-refractivity contribution in [3.05, 3.63) is 78.6 Å². The van der Waals surface area contributed by atoms with E-state index in [9.17, 15) is 9.59 Å². The van der Waals surface area contributed by atoms with Crippen LogP contribution in [0.25, 0.3) is 17.1 Å². The molecule has 1 heterocycles. The number of carbonyl (C=O) groups is 2. The van der Waals surface area contributed by atoms with Crippen LogP contribution in [0.3, 0.4) is 0 Å². The van der Waals surface area contributed by atoms with Gasteiger partial charge in [0.05, 0.1) is 11.0 Å². The summed E-state index contributed by atoms with van der Waals surface area (Å²) in [5.74, 6) is -0.0321. The minimum Gasteiger partial charge on any atom is -0.324 e. The Balaban J connectivity index is 1.76. The fourth-order valence-electron chi connectivity index (χ4n) is 2.48. The SMILES string of the molecule is C=CC(=O)Nc1ccc(/C=C/C(=O)c2nc3ccccc3n2C)cc1. The molecule has 0 bridgehead atoms. The molecular formula is C20H17N3O2. The summed E-state index contributed by atoms with van der Waals surface area (Å²) in [5, 5.41) is 2.67. The van der Waals surface area contributed by atoms with Gasteiger partial charge >= 0.3 is 0 Å². The molecule has 0 atom stereocenters. The van der Waals surface area contributed by atoms with E-state index in [1.165, 1.54) is 12.2 Å². The molecule has 5 nitrogen and oxygen atoms in total. The lowest BCUT2D eigenvalue weighted by Gasteiger charge is -2.02. The van der Waals surface area contributed by atoms with Crippen molar-refractivity contribution in [3.8, 4) is 0 Å². The standard InChI is InChI=1S/C20H17N3O2/c1-3-19(25)21-15-11-8-14(9-12-15)10-13-18(24)20-22-16-6-4-5-7-17(16)23(20)2/h3-13H,1H2,2H3,(H,21,25)/b13-10+. The second-order valence-electron chi connectivity index (χ2n) is 5.50. The zero-order valence-electron chi connectivity index (χ0n) is 13.8. The number of rotatable bonds is 5. The van der Waals surface area contributed by atoms with Crippen molar-refractivity contribution < 1.29 is 9.59 Å². The van der Waals surface area contributed by atoms with Gasteiger partial charge in [0.1, 0.15) is 0 Å². The third-order valence-corrected chi connectivity index (χ3v) is 3.80. The number of hydrogen-bond donors (Lipinski definition) is 1. The first kappa shape index (κ1) is 16.4. The molecule has 0 saturated heterocycles. The highest BCUT2D eigenvalue weighted by molar-refractivity contribution is 6.06. The van der Waals surface area contributed by atoms with Gasteiger partial charge in [-0.05, 0) is 42.0 Å². The third-order valence-electron chi connectivity index (χ3n) is 3.80. The zero-order valence-corrected chi connectivity index (χ0v) is 13.8. The molecular weight excluding hydrogens is 314 g/mol. The van der Waals surface area contributed by atoms with Crippen molar-refractivity contribution in [2.24, 2.45) is 7.05 Å². The van der Waals surface area contributed by atoms with Gasteiger partial charge in [-0.3, -0.25) is 9.59 Å². The quantitative estimate of drug-likeness (QED) is 0.574. The monoisotopic (exact) mass is 331 g/mol. The van der Waals surface area contributed by atoms with E-state index in [-0.39, 0.29) is 11.7 Å². The van der Waals surface area contributed by atoms with Gasteiger partial charge in [-0.1, -0.05) is 36.9 Å². The summed E-state index contributed by atoms with van der Waals surface area (Å²) in [7, 11) is 1.83. The molecule has 1 aromatic heterocycles. The molecule has 0 aliphatic carbocycles. The summed E-state index contributed by atoms with van der Waals surface area (Å²) in [6, 6.07) is 14.8. The Morgan fingerprint density at radius 3 is 2.52 bits per heavy atom. The van der Waals surface area contributed by atoms with Crippen molar-refractivity contribution in [3.63, 3.8) is 0 Å². The topological polar surface area (TPSA) is 64.0 Å². The lowest BCUT2D eigenvalue weighted by Crippen LogP contribution is -2.06. The van der Waals surface area contributed by atoms with Gasteiger partial charge in [0.15, 0.2) is 5.82 Å². The number of aromatic nitrogens is 2. The Bertz CT molecular complexity index is 982. The molecule has 124 valence electrons. The molecule has 0 fully saturated rings. The maximum Gasteiger partial charge on any atom is 0.247 e. The first-order valence-corrected chi connectivity index (χ1v) is 7.76. The van der Waals surface area contributed by atoms with E-state index in [1.54, 1.807) is 22.8 Å². The van der Waals surface area contributed by atoms with E-state index in [4.69, 9.17) is 0 Å². The van der Waals surface area contributed by atoms with Gasteiger partial charge in [-0.2, -0.15) is 0 Å². The number of nitrogens with zero attached hydrogens (tertiary/aromatic N) is 2. The smallest absolute Gasteiger partial charge is 0.247 e. The third kappa shape index (κ3) is 3.55. The van der Waals surface area contributed by atoms with E-state index in [2.05, 4.69) is 16.9 Å². The van der Waals surface area contributed by atoms with E-state index < -0.39 is 0 Å². The second kappa shape index (κ2) is 6.97. The number of aryl methyl sites for hydroxylation is 1. The number of benzene rings is 2. The summed E-state index contributed by atoms with van der Waals surface area (Å²) in [5.41, 5.74) is 3.23. The van der Waals surface area contributed by atoms with Gasteiger partial charge < -0.3 is 9.88 Å². The number of para-hydroxylation sites is 2. The highest BCUT2D eigenvalue weighted by atomic mass is 16.1. The molecule has 0 aliphatic heterocycles. The lowest BCUT2D eigenvalue weighted by molar-refractivity contribution is -0.111. The second-order valence-corrected chi connectivity index (χ2v) is 5.50. The van der Waals surface area contributed by atoms with Crippen molar-refractivity contribution in [1.29, 1.82) is 0 Å². The molecule has 0 saturated carbocycles. The van der Waals surface area contributed by atoms with E-state index in [0.29, 0.717) is 11.5 Å². The van der Waals surface area contributed by atoms with E-state index >= 15 is 0 Å². The van der Waals surface area contributed by atoms with Crippen LogP contribution in [0.2, 0.25) is 0 Å². The summed E-state index contributed by atoms with van der Waals surface area (Å²) in [4.78, 5) is 28.1. The Morgan fingerprint density at radius 2 is 1.84 bits per heavy atom. The average Bonchev–Trinajstić information content (AvgIpc) is 2.98. The Kier molecular flexibility index (Phi) is 4.57. The maximum absolute atomic E-state index is 12.4. The molecule has 3 rings (SSSR count). The van der Waals surface area contributed by atoms with E-state index in [0.717, 1.165) is 16.6 Å². The van der Waals surface area contributed by atoms with Gasteiger partial charge in [0.2, 0.25) is 11.7 Å². The predicted octanol–water partition coefficient (Wildman–Crippen LogP) is 3.59. The van der Waals surface area contributed by atoms with Gasteiger partial charge in [0.25, 0.3) is 0 Å². The number of anilines is 1. The van der Waals surface area contributed by atoms with Gasteiger partial charge in [-0.15, -0.1) is 0 Å². The molecule has 0 radical (unpaired) electrons. The Hall–Kier alpha value is -3.47. The minimum atomic E-state index is -0.264. The number of imidazole rings is 1. The van der Waals surface area contributed by atoms with Crippen molar-refractivity contribution in [2.75, 3.05) is 5.32 Å². The van der Waals surface area contributed by atoms with Crippen LogP contribution in [-0.2, 0) is 11.8 Å². The number of carbonyl (C=O) groups excluding carboxylic acids is 2. The van der Waals surface area contributed by atoms with Crippen LogP contribution in [0, 0.1) is 0 Å². The van der Waals surface area contributed by atoms with Crippen LogP contribution >= 0.6 is 0 Å². The average molecular weight is 331 g/mol. The molecule has 0 spiro atoms. The van der Waals surface area contributed by atoms with Crippen LogP contribution < -0.4 is 5.32 Å². The van der Waals surface area contributed by atoms with Crippen molar-refractivity contribution in [1.82, 2.24) is 9.55 Å². The lowest BCUT2D eigenvalue weighted by atomic mass is 10.1. The largest absolute Gasteiger partial charge is 0.324 e. The van der Waals surface area contributed by atoms with Crippen LogP contribution in [0.1, 0.15) is 16.2 Å². The fraction of sp³-hybridized carbons (Fsp3) is 0.0500. The van der Waals surface area contributed by atoms with Crippen molar-refractivity contribution in [2.45, 2.75) is 0 Å². The first-order valence-electron chi connectivity index (χ1n) is 7.76. The van der Waals surface area contributed by atoms with Crippen molar-refractivity contribution >= 4 is 34.5 Å². The summed E-state index contributed by atoms with van der Waals surface area (Å²) in [6.07, 6.45) is 4.43. The molecule has 0 unspecified atom stereocenters. The summed E-state index contributed by atoms with van der Waals surface area (Å²) >= 11 is 0. The number of allylic oxidation sites excluding steroid dienone is 1. The summed E-state index contributed by atoms with van der Waals surface area (Å²) in [6.45, 7) is 3.41. The highest BCUT2D eigenvalue weighted by Gasteiger charge is 2.12. The first-order chi connectivity index (χ1) is 12.1. The predicted molar refractivity (Wildman–Crippen MR) is 99.3 cm³/mol. The molecule has 1 amide bonds. The van der Waals surface area contributed by atoms with Crippen LogP contribution in [0.4, 0.5) is 5.69 Å². The number of ketones is 1. The molecule has 3 aromatic rings. The maximum atomic E-state index is 12.4. The van der Waals surface area contributed by atoms with Crippen LogP contribution in [0.5, 0.6) is 0 Å². The molecule has 1 N–H and O–H groups in total. The molecule has 2 aromatic carbocycles. The minimum absolute atomic E-state index is 0.164. The fourth-order valence-corrected chi connectivity index (χ4v) is 2.48. The molecule has 0 aliphatic rings. The number of fused-ring (bicyclic) bond motifs is 1. The normalized spacial score (nSPS) is 10.9. The van der Waals surface area contributed by atoms with Gasteiger partial charge in [-0.25, -0.2) is 4.98 Å². The number of amides is 1. The Morgan fingerprint density at radius 1 is 1.12 bits per heavy atom. The van der Waals surface area contributed by atoms with Crippen LogP contribution in [-0.4, -0.2) is 21.2 Å². The molecule has 25 heavy (non-hydrogen) atoms. The van der Waals surface area contributed by atoms with Gasteiger partial charge in [0, 0.05) is 12.7 Å².